The van der Waals surface area contributed by atoms with Crippen LogP contribution in [0, 0.1) is 10.1 Å². The highest BCUT2D eigenvalue weighted by molar-refractivity contribution is 6.04. The van der Waals surface area contributed by atoms with Crippen LogP contribution in [-0.4, -0.2) is 42.8 Å². The number of esters is 1. The second-order valence-corrected chi connectivity index (χ2v) is 8.52. The van der Waals surface area contributed by atoms with Crippen LogP contribution in [0.15, 0.2) is 34.7 Å². The Morgan fingerprint density at radius 3 is 2.76 bits per heavy atom. The largest absolute Gasteiger partial charge is 0.459 e. The van der Waals surface area contributed by atoms with Crippen molar-refractivity contribution < 1.29 is 33.5 Å². The molecule has 0 bridgehead atoms. The molecule has 10 nitrogen and oxygen atoms in total. The zero-order valence-corrected chi connectivity index (χ0v) is 18.2. The maximum Gasteiger partial charge on any atom is 0.336 e. The first-order valence-corrected chi connectivity index (χ1v) is 11.0. The summed E-state index contributed by atoms with van der Waals surface area (Å²) in [6.07, 6.45) is 3.14. The van der Waals surface area contributed by atoms with Crippen LogP contribution in [0.4, 0.5) is 5.69 Å². The average Bonchev–Trinajstić information content (AvgIpc) is 3.47. The fourth-order valence-corrected chi connectivity index (χ4v) is 4.92. The quantitative estimate of drug-likeness (QED) is 0.404. The van der Waals surface area contributed by atoms with Gasteiger partial charge in [0.05, 0.1) is 28.6 Å². The monoisotopic (exact) mass is 456 g/mol. The lowest BCUT2D eigenvalue weighted by Gasteiger charge is -2.34. The summed E-state index contributed by atoms with van der Waals surface area (Å²) in [7, 11) is 0. The van der Waals surface area contributed by atoms with Crippen LogP contribution in [0.3, 0.4) is 0 Å². The zero-order valence-electron chi connectivity index (χ0n) is 18.2. The molecule has 0 spiro atoms. The summed E-state index contributed by atoms with van der Waals surface area (Å²) in [6, 6.07) is 2.79. The number of nitro benzene ring substituents is 1. The third-order valence-electron chi connectivity index (χ3n) is 6.45. The number of ether oxygens (including phenoxy) is 4. The number of ketones is 1. The molecule has 5 rings (SSSR count). The minimum atomic E-state index is -0.944. The van der Waals surface area contributed by atoms with Crippen molar-refractivity contribution in [2.24, 2.45) is 0 Å². The summed E-state index contributed by atoms with van der Waals surface area (Å²) in [4.78, 5) is 37.8. The number of carbonyl (C=O) groups excluding carboxylic acids is 2. The molecule has 1 saturated heterocycles. The van der Waals surface area contributed by atoms with Gasteiger partial charge in [0.15, 0.2) is 17.3 Å². The van der Waals surface area contributed by atoms with Gasteiger partial charge >= 0.3 is 5.97 Å². The molecule has 0 saturated carbocycles. The van der Waals surface area contributed by atoms with Gasteiger partial charge in [-0.25, -0.2) is 4.79 Å². The van der Waals surface area contributed by atoms with Gasteiger partial charge in [0.2, 0.25) is 6.79 Å². The number of Topliss-reactive ketones (excluding diaryl/α,β-unsaturated/α-hetero) is 1. The minimum absolute atomic E-state index is 0.0554. The maximum absolute atomic E-state index is 13.3. The van der Waals surface area contributed by atoms with Gasteiger partial charge in [0.25, 0.3) is 5.69 Å². The van der Waals surface area contributed by atoms with Crippen LogP contribution in [0.5, 0.6) is 11.5 Å². The lowest BCUT2D eigenvalue weighted by atomic mass is 9.74. The second-order valence-electron chi connectivity index (χ2n) is 8.52. The van der Waals surface area contributed by atoms with E-state index in [9.17, 15) is 19.7 Å². The fourth-order valence-electron chi connectivity index (χ4n) is 4.92. The number of hydrogen-bond acceptors (Lipinski definition) is 9. The molecule has 2 atom stereocenters. The molecule has 1 aromatic rings. The molecule has 1 aromatic carbocycles. The average molecular weight is 456 g/mol. The van der Waals surface area contributed by atoms with Crippen molar-refractivity contribution >= 4 is 17.4 Å². The van der Waals surface area contributed by atoms with E-state index in [0.29, 0.717) is 48.6 Å². The van der Waals surface area contributed by atoms with Crippen molar-refractivity contribution in [1.82, 2.24) is 5.32 Å². The van der Waals surface area contributed by atoms with Crippen molar-refractivity contribution in [3.8, 4) is 11.5 Å². The molecule has 4 aliphatic rings. The van der Waals surface area contributed by atoms with Gasteiger partial charge in [-0.1, -0.05) is 0 Å². The Morgan fingerprint density at radius 1 is 1.24 bits per heavy atom. The summed E-state index contributed by atoms with van der Waals surface area (Å²) in [5.74, 6) is -1.12. The Hall–Kier alpha value is -3.40. The Bertz CT molecular complexity index is 1100. The normalized spacial score (nSPS) is 24.0. The number of allylic oxidation sites excluding steroid dienone is 3. The molecule has 10 heteroatoms. The molecule has 0 aromatic heterocycles. The van der Waals surface area contributed by atoms with E-state index >= 15 is 0 Å². The number of dihydropyridines is 1. The van der Waals surface area contributed by atoms with E-state index < -0.39 is 16.8 Å². The van der Waals surface area contributed by atoms with E-state index in [1.807, 2.05) is 0 Å². The molecule has 0 amide bonds. The van der Waals surface area contributed by atoms with E-state index in [-0.39, 0.29) is 47.9 Å². The number of carbonyl (C=O) groups is 2. The Balaban J connectivity index is 1.61. The van der Waals surface area contributed by atoms with Crippen molar-refractivity contribution in [3.05, 3.63) is 50.4 Å². The van der Waals surface area contributed by atoms with Gasteiger partial charge in [-0.3, -0.25) is 14.9 Å². The van der Waals surface area contributed by atoms with Gasteiger partial charge in [-0.05, 0) is 38.7 Å². The molecular weight excluding hydrogens is 432 g/mol. The molecule has 33 heavy (non-hydrogen) atoms. The second kappa shape index (κ2) is 8.51. The van der Waals surface area contributed by atoms with E-state index in [1.165, 1.54) is 12.1 Å². The molecular formula is C23H24N2O8. The number of fused-ring (bicyclic) bond motifs is 1. The molecule has 1 fully saturated rings. The first-order chi connectivity index (χ1) is 15.9. The first kappa shape index (κ1) is 21.4. The molecule has 1 aliphatic carbocycles. The number of nitrogens with one attached hydrogen (secondary N) is 1. The minimum Gasteiger partial charge on any atom is -0.459 e. The third kappa shape index (κ3) is 3.84. The number of hydrogen-bond donors (Lipinski definition) is 1. The predicted molar refractivity (Wildman–Crippen MR) is 114 cm³/mol. The lowest BCUT2D eigenvalue weighted by molar-refractivity contribution is -0.385. The van der Waals surface area contributed by atoms with Gasteiger partial charge in [0.1, 0.15) is 6.61 Å². The van der Waals surface area contributed by atoms with Crippen molar-refractivity contribution in [3.63, 3.8) is 0 Å². The number of rotatable bonds is 5. The topological polar surface area (TPSA) is 126 Å². The molecule has 0 unspecified atom stereocenters. The zero-order chi connectivity index (χ0) is 23.1. The predicted octanol–water partition coefficient (Wildman–Crippen LogP) is 3.01. The molecule has 1 N–H and O–H groups in total. The Morgan fingerprint density at radius 2 is 2.03 bits per heavy atom. The fraction of sp³-hybridized carbons (Fsp3) is 0.478. The summed E-state index contributed by atoms with van der Waals surface area (Å²) >= 11 is 0. The van der Waals surface area contributed by atoms with E-state index in [1.54, 1.807) is 6.92 Å². The van der Waals surface area contributed by atoms with E-state index in [2.05, 4.69) is 5.32 Å². The molecule has 3 heterocycles. The highest BCUT2D eigenvalue weighted by atomic mass is 16.7. The summed E-state index contributed by atoms with van der Waals surface area (Å²) in [6.45, 7) is 2.38. The van der Waals surface area contributed by atoms with Crippen LogP contribution in [0.1, 0.15) is 50.5 Å². The third-order valence-corrected chi connectivity index (χ3v) is 6.45. The van der Waals surface area contributed by atoms with Crippen LogP contribution in [0.25, 0.3) is 0 Å². The highest BCUT2D eigenvalue weighted by Gasteiger charge is 2.43. The summed E-state index contributed by atoms with van der Waals surface area (Å²) in [5, 5.41) is 15.2. The number of benzene rings is 1. The SMILES string of the molecule is CC1=C(C(=O)OC[C@@H]2CCCO2)[C@H](c2cc3c(cc2[N+](=O)[O-])OCO3)C2=C(CCCC2=O)N1. The first-order valence-electron chi connectivity index (χ1n) is 11.0. The van der Waals surface area contributed by atoms with Crippen molar-refractivity contribution in [2.45, 2.75) is 51.0 Å². The van der Waals surface area contributed by atoms with E-state index in [0.717, 1.165) is 12.8 Å². The lowest BCUT2D eigenvalue weighted by Crippen LogP contribution is -2.35. The summed E-state index contributed by atoms with van der Waals surface area (Å²) in [5.41, 5.74) is 1.72. The van der Waals surface area contributed by atoms with Crippen LogP contribution in [0.2, 0.25) is 0 Å². The highest BCUT2D eigenvalue weighted by Crippen LogP contribution is 2.48. The Kier molecular flexibility index (Phi) is 5.53. The standard InChI is InChI=1S/C23H24N2O8/c1-12-20(23(27)31-10-13-4-3-7-30-13)21(22-15(24-12)5-2-6-17(22)26)14-8-18-19(33-11-32-18)9-16(14)25(28)29/h8-9,13,21,24H,2-7,10-11H2,1H3/t13-,21-/m0/s1. The van der Waals surface area contributed by atoms with Gasteiger partial charge in [-0.2, -0.15) is 0 Å². The van der Waals surface area contributed by atoms with Crippen LogP contribution >= 0.6 is 0 Å². The molecule has 174 valence electrons. The maximum atomic E-state index is 13.3. The number of nitrogens with zero attached hydrogens (tertiary/aromatic N) is 1. The van der Waals surface area contributed by atoms with Gasteiger partial charge in [-0.15, -0.1) is 0 Å². The van der Waals surface area contributed by atoms with Gasteiger partial charge in [0, 0.05) is 35.6 Å². The molecule has 3 aliphatic heterocycles. The van der Waals surface area contributed by atoms with Crippen LogP contribution in [-0.2, 0) is 19.1 Å². The van der Waals surface area contributed by atoms with Crippen molar-refractivity contribution in [2.75, 3.05) is 20.0 Å². The smallest absolute Gasteiger partial charge is 0.336 e. The Labute approximate surface area is 189 Å². The van der Waals surface area contributed by atoms with Gasteiger partial charge < -0.3 is 24.3 Å². The number of nitro groups is 1. The van der Waals surface area contributed by atoms with E-state index in [4.69, 9.17) is 18.9 Å². The van der Waals surface area contributed by atoms with Crippen LogP contribution < -0.4 is 14.8 Å². The van der Waals surface area contributed by atoms with Crippen molar-refractivity contribution in [1.29, 1.82) is 0 Å². The molecule has 0 radical (unpaired) electrons. The summed E-state index contributed by atoms with van der Waals surface area (Å²) < 4.78 is 21.9.